The largest absolute Gasteiger partial charge is 0.471 e. The van der Waals surface area contributed by atoms with Crippen LogP contribution in [0.25, 0.3) is 10.2 Å². The number of hydrogen-bond donors (Lipinski definition) is 1. The van der Waals surface area contributed by atoms with E-state index in [1.807, 2.05) is 0 Å². The molecule has 4 aromatic rings. The van der Waals surface area contributed by atoms with Gasteiger partial charge in [0.1, 0.15) is 11.6 Å². The Morgan fingerprint density at radius 1 is 1.22 bits per heavy atom. The Kier molecular flexibility index (Phi) is 4.74. The summed E-state index contributed by atoms with van der Waals surface area (Å²) < 4.78 is 20.7. The van der Waals surface area contributed by atoms with Crippen LogP contribution in [0, 0.1) is 5.82 Å². The fourth-order valence-electron chi connectivity index (χ4n) is 2.34. The quantitative estimate of drug-likeness (QED) is 0.530. The van der Waals surface area contributed by atoms with E-state index in [-0.39, 0.29) is 24.1 Å². The van der Waals surface area contributed by atoms with Gasteiger partial charge in [0.05, 0.1) is 10.2 Å². The molecule has 27 heavy (non-hydrogen) atoms. The van der Waals surface area contributed by atoms with Gasteiger partial charge in [-0.15, -0.1) is 0 Å². The van der Waals surface area contributed by atoms with Crippen LogP contribution < -0.4 is 10.1 Å². The number of carbonyl (C=O) groups is 1. The predicted octanol–water partition coefficient (Wildman–Crippen LogP) is 4.57. The highest BCUT2D eigenvalue weighted by Gasteiger charge is 2.13. The number of nitrogens with one attached hydrogen (secondary N) is 1. The molecule has 0 spiro atoms. The lowest BCUT2D eigenvalue weighted by Crippen LogP contribution is -2.14. The van der Waals surface area contributed by atoms with Crippen LogP contribution in [0.1, 0.15) is 10.5 Å². The van der Waals surface area contributed by atoms with Crippen molar-refractivity contribution >= 4 is 44.2 Å². The highest BCUT2D eigenvalue weighted by molar-refractivity contribution is 7.22. The summed E-state index contributed by atoms with van der Waals surface area (Å²) in [4.78, 5) is 16.7. The molecule has 4 rings (SSSR count). The van der Waals surface area contributed by atoms with E-state index in [1.165, 1.54) is 40.3 Å². The van der Waals surface area contributed by atoms with Crippen molar-refractivity contribution in [3.63, 3.8) is 0 Å². The van der Waals surface area contributed by atoms with Crippen molar-refractivity contribution in [2.75, 3.05) is 5.32 Å². The Morgan fingerprint density at radius 2 is 2.04 bits per heavy atom. The highest BCUT2D eigenvalue weighted by atomic mass is 35.5. The van der Waals surface area contributed by atoms with Crippen LogP contribution in [0.15, 0.2) is 54.7 Å². The first-order valence-corrected chi connectivity index (χ1v) is 9.05. The number of benzene rings is 2. The number of anilines is 1. The molecule has 2 aromatic heterocycles. The van der Waals surface area contributed by atoms with Crippen molar-refractivity contribution in [2.24, 2.45) is 0 Å². The molecule has 0 unspecified atom stereocenters. The normalized spacial score (nSPS) is 10.9. The van der Waals surface area contributed by atoms with Gasteiger partial charge in [-0.2, -0.15) is 5.10 Å². The fraction of sp³-hybridized carbons (Fsp3) is 0.0556. The maximum Gasteiger partial charge on any atom is 0.277 e. The van der Waals surface area contributed by atoms with E-state index in [2.05, 4.69) is 15.4 Å². The van der Waals surface area contributed by atoms with Gasteiger partial charge in [-0.25, -0.2) is 14.1 Å². The molecule has 136 valence electrons. The average Bonchev–Trinajstić information content (AvgIpc) is 3.27. The van der Waals surface area contributed by atoms with Crippen LogP contribution in [0.3, 0.4) is 0 Å². The Labute approximate surface area is 162 Å². The summed E-state index contributed by atoms with van der Waals surface area (Å²) in [5.41, 5.74) is 0.993. The minimum absolute atomic E-state index is 0.0958. The fourth-order valence-corrected chi connectivity index (χ4v) is 3.48. The summed E-state index contributed by atoms with van der Waals surface area (Å²) >= 11 is 7.29. The minimum Gasteiger partial charge on any atom is -0.471 e. The van der Waals surface area contributed by atoms with Gasteiger partial charge in [-0.3, -0.25) is 10.1 Å². The number of carbonyl (C=O) groups excluding carboxylic acids is 1. The molecule has 0 fully saturated rings. The van der Waals surface area contributed by atoms with Gasteiger partial charge < -0.3 is 4.74 Å². The van der Waals surface area contributed by atoms with E-state index in [0.29, 0.717) is 15.9 Å². The number of halogens is 2. The zero-order chi connectivity index (χ0) is 18.8. The number of rotatable bonds is 5. The second-order valence-electron chi connectivity index (χ2n) is 5.55. The van der Waals surface area contributed by atoms with Gasteiger partial charge in [0.2, 0.25) is 0 Å². The number of amides is 1. The van der Waals surface area contributed by atoms with E-state index in [0.717, 1.165) is 10.2 Å². The smallest absolute Gasteiger partial charge is 0.277 e. The molecule has 0 saturated carbocycles. The summed E-state index contributed by atoms with van der Waals surface area (Å²) in [5, 5.41) is 7.98. The van der Waals surface area contributed by atoms with Gasteiger partial charge in [-0.05, 0) is 48.5 Å². The maximum absolute atomic E-state index is 12.9. The Morgan fingerprint density at radius 3 is 2.85 bits per heavy atom. The predicted molar refractivity (Wildman–Crippen MR) is 102 cm³/mol. The highest BCUT2D eigenvalue weighted by Crippen LogP contribution is 2.28. The molecule has 1 amide bonds. The number of hydrogen-bond acceptors (Lipinski definition) is 5. The Bertz CT molecular complexity index is 1110. The van der Waals surface area contributed by atoms with Gasteiger partial charge in [0.25, 0.3) is 5.91 Å². The van der Waals surface area contributed by atoms with Crippen molar-refractivity contribution in [1.82, 2.24) is 14.8 Å². The average molecular weight is 403 g/mol. The van der Waals surface area contributed by atoms with E-state index < -0.39 is 0 Å². The van der Waals surface area contributed by atoms with Crippen molar-refractivity contribution in [1.29, 1.82) is 0 Å². The monoisotopic (exact) mass is 402 g/mol. The molecule has 6 nitrogen and oxygen atoms in total. The minimum atomic E-state index is -0.374. The third-order valence-corrected chi connectivity index (χ3v) is 4.79. The molecule has 0 aliphatic rings. The van der Waals surface area contributed by atoms with Gasteiger partial charge in [0, 0.05) is 11.2 Å². The van der Waals surface area contributed by atoms with Crippen LogP contribution in [0.2, 0.25) is 5.02 Å². The molecule has 0 saturated heterocycles. The molecular formula is C18H12ClFN4O2S. The molecule has 0 bridgehead atoms. The third kappa shape index (κ3) is 4.07. The number of aromatic nitrogens is 3. The number of nitrogens with zero attached hydrogens (tertiary/aromatic N) is 3. The number of fused-ring (bicyclic) bond motifs is 1. The summed E-state index contributed by atoms with van der Waals surface area (Å²) in [6.07, 6.45) is 1.62. The second kappa shape index (κ2) is 7.34. The summed E-state index contributed by atoms with van der Waals surface area (Å²) in [5.74, 6) is -0.204. The summed E-state index contributed by atoms with van der Waals surface area (Å²) in [6, 6.07) is 12.6. The summed E-state index contributed by atoms with van der Waals surface area (Å²) in [7, 11) is 0. The zero-order valence-electron chi connectivity index (χ0n) is 13.7. The van der Waals surface area contributed by atoms with Crippen LogP contribution in [0.5, 0.6) is 5.75 Å². The lowest BCUT2D eigenvalue weighted by Gasteiger charge is -2.05. The molecule has 0 radical (unpaired) electrons. The van der Waals surface area contributed by atoms with E-state index >= 15 is 0 Å². The van der Waals surface area contributed by atoms with E-state index in [1.54, 1.807) is 30.5 Å². The van der Waals surface area contributed by atoms with Crippen molar-refractivity contribution < 1.29 is 13.9 Å². The van der Waals surface area contributed by atoms with E-state index in [9.17, 15) is 9.18 Å². The van der Waals surface area contributed by atoms with Gasteiger partial charge in [0.15, 0.2) is 17.6 Å². The first-order valence-electron chi connectivity index (χ1n) is 7.86. The molecule has 9 heteroatoms. The van der Waals surface area contributed by atoms with Crippen LogP contribution in [-0.2, 0) is 6.73 Å². The summed E-state index contributed by atoms with van der Waals surface area (Å²) in [6.45, 7) is 0.0958. The van der Waals surface area contributed by atoms with E-state index in [4.69, 9.17) is 16.3 Å². The number of thiazole rings is 1. The molecule has 0 atom stereocenters. The van der Waals surface area contributed by atoms with Crippen LogP contribution in [-0.4, -0.2) is 20.7 Å². The molecule has 1 N–H and O–H groups in total. The SMILES string of the molecule is O=C(Nc1nc2ccc(Cl)cc2s1)c1ccn(COc2ccc(F)cc2)n1. The van der Waals surface area contributed by atoms with Crippen LogP contribution in [0.4, 0.5) is 9.52 Å². The lowest BCUT2D eigenvalue weighted by molar-refractivity contribution is 0.102. The Hall–Kier alpha value is -2.97. The maximum atomic E-state index is 12.9. The molecule has 2 heterocycles. The van der Waals surface area contributed by atoms with Gasteiger partial charge in [-0.1, -0.05) is 22.9 Å². The second-order valence-corrected chi connectivity index (χ2v) is 7.02. The molecular weight excluding hydrogens is 391 g/mol. The van der Waals surface area contributed by atoms with Crippen LogP contribution >= 0.6 is 22.9 Å². The van der Waals surface area contributed by atoms with Crippen molar-refractivity contribution in [2.45, 2.75) is 6.73 Å². The molecule has 0 aliphatic carbocycles. The van der Waals surface area contributed by atoms with Gasteiger partial charge >= 0.3 is 0 Å². The lowest BCUT2D eigenvalue weighted by atomic mass is 10.3. The third-order valence-electron chi connectivity index (χ3n) is 3.62. The molecule has 2 aromatic carbocycles. The zero-order valence-corrected chi connectivity index (χ0v) is 15.3. The first kappa shape index (κ1) is 17.4. The number of ether oxygens (including phenoxy) is 1. The Balaban J connectivity index is 1.40. The molecule has 0 aliphatic heterocycles. The standard InChI is InChI=1S/C18H12ClFN4O2S/c19-11-1-6-14-16(9-11)27-18(21-14)22-17(25)15-7-8-24(23-15)10-26-13-4-2-12(20)3-5-13/h1-9H,10H2,(H,21,22,25). The first-order chi connectivity index (χ1) is 13.1. The van der Waals surface area contributed by atoms with Crippen molar-refractivity contribution in [3.8, 4) is 5.75 Å². The van der Waals surface area contributed by atoms with Crippen molar-refractivity contribution in [3.05, 3.63) is 71.3 Å². The topological polar surface area (TPSA) is 69.0 Å².